The summed E-state index contributed by atoms with van der Waals surface area (Å²) in [5.41, 5.74) is 3.66. The van der Waals surface area contributed by atoms with E-state index >= 15 is 0 Å². The van der Waals surface area contributed by atoms with Gasteiger partial charge in [-0.15, -0.1) is 34.4 Å². The maximum Gasteiger partial charge on any atom is 0.236 e. The summed E-state index contributed by atoms with van der Waals surface area (Å²) in [5, 5.41) is 10.5. The Kier molecular flexibility index (Phi) is 7.08. The molecule has 0 aliphatic rings. The Bertz CT molecular complexity index is 1070. The number of nitrogens with one attached hydrogen (secondary N) is 2. The highest BCUT2D eigenvalue weighted by Crippen LogP contribution is 2.26. The molecule has 0 bridgehead atoms. The number of hydrogen-bond donors (Lipinski definition) is 2. The summed E-state index contributed by atoms with van der Waals surface area (Å²) in [6.45, 7) is 0. The van der Waals surface area contributed by atoms with E-state index in [0.717, 1.165) is 22.5 Å². The fourth-order valence-corrected chi connectivity index (χ4v) is 4.78. The molecule has 2 heterocycles. The SMILES string of the molecule is O=C(CSCC(=O)Nc1nc(-c2ccccc2)cs1)Nc1nc(-c2ccccc2)cs1. The number of carbonyl (C=O) groups is 2. The quantitative estimate of drug-likeness (QED) is 0.371. The van der Waals surface area contributed by atoms with Crippen LogP contribution in [0, 0.1) is 0 Å². The summed E-state index contributed by atoms with van der Waals surface area (Å²) in [5.74, 6) is -0.0403. The maximum absolute atomic E-state index is 12.2. The Morgan fingerprint density at radius 2 is 1.13 bits per heavy atom. The van der Waals surface area contributed by atoms with Crippen LogP contribution in [0.2, 0.25) is 0 Å². The van der Waals surface area contributed by atoms with Gasteiger partial charge in [0.2, 0.25) is 11.8 Å². The number of thioether (sulfide) groups is 1. The third kappa shape index (κ3) is 6.00. The van der Waals surface area contributed by atoms with Crippen LogP contribution in [0.3, 0.4) is 0 Å². The Labute approximate surface area is 191 Å². The van der Waals surface area contributed by atoms with Crippen LogP contribution in [0.1, 0.15) is 0 Å². The standard InChI is InChI=1S/C22H18N4O2S3/c27-19(25-21-23-17(11-30-21)15-7-3-1-4-8-15)13-29-14-20(28)26-22-24-18(12-31-22)16-9-5-2-6-10-16/h1-12H,13-14H2,(H,23,25,27)(H,24,26,28). The predicted octanol–water partition coefficient (Wildman–Crippen LogP) is 5.24. The van der Waals surface area contributed by atoms with Crippen LogP contribution >= 0.6 is 34.4 Å². The number of amides is 2. The van der Waals surface area contributed by atoms with E-state index in [4.69, 9.17) is 0 Å². The van der Waals surface area contributed by atoms with Crippen molar-refractivity contribution in [3.05, 3.63) is 71.4 Å². The predicted molar refractivity (Wildman–Crippen MR) is 130 cm³/mol. The zero-order valence-electron chi connectivity index (χ0n) is 16.3. The summed E-state index contributed by atoms with van der Waals surface area (Å²) in [6, 6.07) is 19.6. The van der Waals surface area contributed by atoms with Crippen molar-refractivity contribution in [2.24, 2.45) is 0 Å². The second kappa shape index (κ2) is 10.3. The summed E-state index contributed by atoms with van der Waals surface area (Å²) < 4.78 is 0. The molecule has 156 valence electrons. The van der Waals surface area contributed by atoms with Gasteiger partial charge < -0.3 is 10.6 Å². The van der Waals surface area contributed by atoms with Crippen molar-refractivity contribution in [2.75, 3.05) is 22.1 Å². The minimum Gasteiger partial charge on any atom is -0.301 e. The number of benzene rings is 2. The molecule has 0 fully saturated rings. The molecular weight excluding hydrogens is 448 g/mol. The van der Waals surface area contributed by atoms with Gasteiger partial charge in [-0.1, -0.05) is 60.7 Å². The third-order valence-corrected chi connectivity index (χ3v) is 6.55. The Balaban J connectivity index is 1.21. The highest BCUT2D eigenvalue weighted by Gasteiger charge is 2.11. The van der Waals surface area contributed by atoms with Crippen LogP contribution in [0.25, 0.3) is 22.5 Å². The van der Waals surface area contributed by atoms with Crippen LogP contribution in [-0.2, 0) is 9.59 Å². The topological polar surface area (TPSA) is 84.0 Å². The molecule has 31 heavy (non-hydrogen) atoms. The molecule has 2 aromatic carbocycles. The average Bonchev–Trinajstić information content (AvgIpc) is 3.45. The molecule has 0 radical (unpaired) electrons. The number of hydrogen-bond acceptors (Lipinski definition) is 7. The van der Waals surface area contributed by atoms with Gasteiger partial charge in [-0.05, 0) is 0 Å². The Morgan fingerprint density at radius 3 is 1.55 bits per heavy atom. The van der Waals surface area contributed by atoms with Gasteiger partial charge in [-0.3, -0.25) is 9.59 Å². The summed E-state index contributed by atoms with van der Waals surface area (Å²) >= 11 is 4.00. The van der Waals surface area contributed by atoms with E-state index in [1.807, 2.05) is 71.4 Å². The van der Waals surface area contributed by atoms with Crippen LogP contribution in [0.5, 0.6) is 0 Å². The molecule has 2 aromatic heterocycles. The molecule has 0 spiro atoms. The lowest BCUT2D eigenvalue weighted by atomic mass is 10.2. The largest absolute Gasteiger partial charge is 0.301 e. The van der Waals surface area contributed by atoms with Crippen LogP contribution in [0.15, 0.2) is 71.4 Å². The maximum atomic E-state index is 12.2. The normalized spacial score (nSPS) is 10.6. The molecule has 4 aromatic rings. The van der Waals surface area contributed by atoms with E-state index < -0.39 is 0 Å². The van der Waals surface area contributed by atoms with Crippen molar-refractivity contribution in [1.82, 2.24) is 9.97 Å². The zero-order valence-corrected chi connectivity index (χ0v) is 18.7. The molecule has 0 atom stereocenters. The van der Waals surface area contributed by atoms with Crippen LogP contribution in [-0.4, -0.2) is 33.3 Å². The molecule has 2 amide bonds. The smallest absolute Gasteiger partial charge is 0.236 e. The van der Waals surface area contributed by atoms with Gasteiger partial charge in [-0.25, -0.2) is 9.97 Å². The molecule has 6 nitrogen and oxygen atoms in total. The molecule has 4 rings (SSSR count). The fraction of sp³-hybridized carbons (Fsp3) is 0.0909. The number of anilines is 2. The van der Waals surface area contributed by atoms with Crippen molar-refractivity contribution in [3.8, 4) is 22.5 Å². The van der Waals surface area contributed by atoms with E-state index in [2.05, 4.69) is 20.6 Å². The monoisotopic (exact) mass is 466 g/mol. The number of rotatable bonds is 8. The van der Waals surface area contributed by atoms with E-state index in [1.54, 1.807) is 0 Å². The van der Waals surface area contributed by atoms with Crippen molar-refractivity contribution in [1.29, 1.82) is 0 Å². The number of thiazole rings is 2. The first-order valence-electron chi connectivity index (χ1n) is 9.37. The van der Waals surface area contributed by atoms with Crippen molar-refractivity contribution < 1.29 is 9.59 Å². The Morgan fingerprint density at radius 1 is 0.710 bits per heavy atom. The number of aromatic nitrogens is 2. The van der Waals surface area contributed by atoms with E-state index in [9.17, 15) is 9.59 Å². The lowest BCUT2D eigenvalue weighted by Gasteiger charge is -2.03. The van der Waals surface area contributed by atoms with E-state index in [0.29, 0.717) is 10.3 Å². The van der Waals surface area contributed by atoms with Gasteiger partial charge in [0, 0.05) is 21.9 Å². The van der Waals surface area contributed by atoms with Crippen LogP contribution < -0.4 is 10.6 Å². The van der Waals surface area contributed by atoms with Gasteiger partial charge in [0.1, 0.15) is 0 Å². The third-order valence-electron chi connectivity index (χ3n) is 4.11. The van der Waals surface area contributed by atoms with Gasteiger partial charge in [0.25, 0.3) is 0 Å². The van der Waals surface area contributed by atoms with E-state index in [1.165, 1.54) is 34.4 Å². The highest BCUT2D eigenvalue weighted by molar-refractivity contribution is 8.00. The van der Waals surface area contributed by atoms with Crippen molar-refractivity contribution in [2.45, 2.75) is 0 Å². The van der Waals surface area contributed by atoms with E-state index in [-0.39, 0.29) is 23.3 Å². The molecule has 0 unspecified atom stereocenters. The summed E-state index contributed by atoms with van der Waals surface area (Å²) in [7, 11) is 0. The van der Waals surface area contributed by atoms with Gasteiger partial charge in [0.15, 0.2) is 10.3 Å². The lowest BCUT2D eigenvalue weighted by Crippen LogP contribution is -2.18. The molecule has 0 aliphatic heterocycles. The molecule has 0 saturated carbocycles. The number of nitrogens with zero attached hydrogens (tertiary/aromatic N) is 2. The summed E-state index contributed by atoms with van der Waals surface area (Å²) in [6.07, 6.45) is 0. The molecule has 9 heteroatoms. The minimum atomic E-state index is -0.188. The van der Waals surface area contributed by atoms with Crippen molar-refractivity contribution in [3.63, 3.8) is 0 Å². The molecular formula is C22H18N4O2S3. The highest BCUT2D eigenvalue weighted by atomic mass is 32.2. The lowest BCUT2D eigenvalue weighted by molar-refractivity contribution is -0.114. The second-order valence-electron chi connectivity index (χ2n) is 6.40. The second-order valence-corrected chi connectivity index (χ2v) is 9.10. The molecule has 2 N–H and O–H groups in total. The first-order valence-corrected chi connectivity index (χ1v) is 12.3. The first-order chi connectivity index (χ1) is 15.2. The van der Waals surface area contributed by atoms with Gasteiger partial charge in [-0.2, -0.15) is 0 Å². The Hall–Kier alpha value is -3.01. The number of carbonyl (C=O) groups excluding carboxylic acids is 2. The first kappa shape index (κ1) is 21.2. The van der Waals surface area contributed by atoms with Gasteiger partial charge >= 0.3 is 0 Å². The van der Waals surface area contributed by atoms with Crippen molar-refractivity contribution >= 4 is 56.5 Å². The van der Waals surface area contributed by atoms with Crippen LogP contribution in [0.4, 0.5) is 10.3 Å². The zero-order chi connectivity index (χ0) is 21.5. The minimum absolute atomic E-state index is 0.167. The summed E-state index contributed by atoms with van der Waals surface area (Å²) in [4.78, 5) is 33.2. The molecule has 0 aliphatic carbocycles. The molecule has 0 saturated heterocycles. The fourth-order valence-electron chi connectivity index (χ4n) is 2.69. The van der Waals surface area contributed by atoms with Gasteiger partial charge in [0.05, 0.1) is 22.9 Å². The average molecular weight is 467 g/mol.